The quantitative estimate of drug-likeness (QED) is 0.894. The molecule has 5 nitrogen and oxygen atoms in total. The van der Waals surface area contributed by atoms with Gasteiger partial charge in [0, 0.05) is 24.8 Å². The van der Waals surface area contributed by atoms with Gasteiger partial charge in [-0.15, -0.1) is 0 Å². The van der Waals surface area contributed by atoms with E-state index < -0.39 is 0 Å². The van der Waals surface area contributed by atoms with Crippen LogP contribution in [0.2, 0.25) is 0 Å². The van der Waals surface area contributed by atoms with Crippen molar-refractivity contribution in [3.8, 4) is 0 Å². The van der Waals surface area contributed by atoms with Crippen LogP contribution >= 0.6 is 0 Å². The number of amides is 1. The molecule has 0 aromatic carbocycles. The summed E-state index contributed by atoms with van der Waals surface area (Å²) in [4.78, 5) is 14.3. The largest absolute Gasteiger partial charge is 0.341 e. The lowest BCUT2D eigenvalue weighted by molar-refractivity contribution is -0.133. The van der Waals surface area contributed by atoms with Gasteiger partial charge < -0.3 is 10.2 Å². The van der Waals surface area contributed by atoms with Crippen molar-refractivity contribution in [2.24, 2.45) is 5.92 Å². The van der Waals surface area contributed by atoms with Gasteiger partial charge in [-0.1, -0.05) is 0 Å². The first kappa shape index (κ1) is 14.6. The third kappa shape index (κ3) is 3.84. The number of hydrogen-bond acceptors (Lipinski definition) is 3. The molecule has 116 valence electrons. The Morgan fingerprint density at radius 1 is 1.29 bits per heavy atom. The number of likely N-dealkylation sites (tertiary alicyclic amines) is 1. The van der Waals surface area contributed by atoms with Gasteiger partial charge >= 0.3 is 0 Å². The Hall–Kier alpha value is -1.36. The minimum absolute atomic E-state index is 0.196. The van der Waals surface area contributed by atoms with Crippen molar-refractivity contribution < 1.29 is 4.79 Å². The lowest BCUT2D eigenvalue weighted by Crippen LogP contribution is -2.46. The zero-order valence-electron chi connectivity index (χ0n) is 13.1. The molecule has 1 N–H and O–H groups in total. The lowest BCUT2D eigenvalue weighted by Gasteiger charge is -2.32. The number of carbonyl (C=O) groups excluding carboxylic acids is 1. The molecule has 0 bridgehead atoms. The van der Waals surface area contributed by atoms with Crippen molar-refractivity contribution in [2.75, 3.05) is 19.6 Å². The summed E-state index contributed by atoms with van der Waals surface area (Å²) in [7, 11) is 0. The predicted molar refractivity (Wildman–Crippen MR) is 82.0 cm³/mol. The molecule has 3 rings (SSSR count). The van der Waals surface area contributed by atoms with Crippen molar-refractivity contribution in [2.45, 2.75) is 52.1 Å². The Kier molecular flexibility index (Phi) is 4.29. The molecule has 2 aliphatic rings. The highest BCUT2D eigenvalue weighted by Crippen LogP contribution is 2.28. The van der Waals surface area contributed by atoms with Gasteiger partial charge in [0.2, 0.25) is 5.91 Å². The van der Waals surface area contributed by atoms with Crippen LogP contribution in [0.5, 0.6) is 0 Å². The fraction of sp³-hybridized carbons (Fsp3) is 0.750. The second-order valence-electron chi connectivity index (χ2n) is 6.59. The molecule has 2 fully saturated rings. The Balaban J connectivity index is 1.44. The SMILES string of the molecule is Cc1cc(C)n(CC(=O)N2CCC(NCC3CC3)CC2)n1. The summed E-state index contributed by atoms with van der Waals surface area (Å²) in [5, 5.41) is 8.02. The van der Waals surface area contributed by atoms with Crippen LogP contribution in [-0.4, -0.2) is 46.3 Å². The molecule has 5 heteroatoms. The van der Waals surface area contributed by atoms with E-state index >= 15 is 0 Å². The summed E-state index contributed by atoms with van der Waals surface area (Å²) >= 11 is 0. The molecule has 0 spiro atoms. The van der Waals surface area contributed by atoms with Gasteiger partial charge in [-0.05, 0) is 58.1 Å². The van der Waals surface area contributed by atoms with Crippen molar-refractivity contribution in [1.82, 2.24) is 20.0 Å². The van der Waals surface area contributed by atoms with Gasteiger partial charge in [0.25, 0.3) is 0 Å². The highest BCUT2D eigenvalue weighted by Gasteiger charge is 2.26. The Bertz CT molecular complexity index is 498. The minimum Gasteiger partial charge on any atom is -0.341 e. The number of hydrogen-bond donors (Lipinski definition) is 1. The first-order valence-electron chi connectivity index (χ1n) is 8.14. The maximum Gasteiger partial charge on any atom is 0.244 e. The van der Waals surface area contributed by atoms with E-state index in [1.54, 1.807) is 0 Å². The number of carbonyl (C=O) groups is 1. The van der Waals surface area contributed by atoms with E-state index in [9.17, 15) is 4.79 Å². The van der Waals surface area contributed by atoms with E-state index in [0.717, 1.165) is 43.2 Å². The van der Waals surface area contributed by atoms with Crippen LogP contribution in [0.1, 0.15) is 37.1 Å². The number of rotatable bonds is 5. The molecular weight excluding hydrogens is 264 g/mol. The van der Waals surface area contributed by atoms with Crippen LogP contribution in [0, 0.1) is 19.8 Å². The molecule has 1 saturated carbocycles. The van der Waals surface area contributed by atoms with Gasteiger partial charge in [-0.2, -0.15) is 5.10 Å². The molecule has 0 radical (unpaired) electrons. The standard InChI is InChI=1S/C16H26N4O/c1-12-9-13(2)20(18-12)11-16(21)19-7-5-15(6-8-19)17-10-14-3-4-14/h9,14-15,17H,3-8,10-11H2,1-2H3. The number of aryl methyl sites for hydroxylation is 2. The molecule has 1 aliphatic heterocycles. The van der Waals surface area contributed by atoms with Crippen molar-refractivity contribution in [1.29, 1.82) is 0 Å². The maximum absolute atomic E-state index is 12.4. The molecule has 0 unspecified atom stereocenters. The topological polar surface area (TPSA) is 50.2 Å². The monoisotopic (exact) mass is 290 g/mol. The average molecular weight is 290 g/mol. The molecule has 21 heavy (non-hydrogen) atoms. The molecule has 2 heterocycles. The van der Waals surface area contributed by atoms with Crippen LogP contribution in [-0.2, 0) is 11.3 Å². The zero-order valence-corrected chi connectivity index (χ0v) is 13.1. The smallest absolute Gasteiger partial charge is 0.244 e. The number of nitrogens with zero attached hydrogens (tertiary/aromatic N) is 3. The number of piperidine rings is 1. The van der Waals surface area contributed by atoms with Gasteiger partial charge in [-0.3, -0.25) is 9.48 Å². The zero-order chi connectivity index (χ0) is 14.8. The normalized spacial score (nSPS) is 20.0. The first-order chi connectivity index (χ1) is 10.1. The summed E-state index contributed by atoms with van der Waals surface area (Å²) in [6.07, 6.45) is 4.95. The van der Waals surface area contributed by atoms with Crippen LogP contribution in [0.25, 0.3) is 0 Å². The van der Waals surface area contributed by atoms with Crippen LogP contribution in [0.4, 0.5) is 0 Å². The van der Waals surface area contributed by atoms with Gasteiger partial charge in [0.15, 0.2) is 0 Å². The summed E-state index contributed by atoms with van der Waals surface area (Å²) in [6.45, 7) is 7.26. The van der Waals surface area contributed by atoms with E-state index in [1.807, 2.05) is 29.5 Å². The van der Waals surface area contributed by atoms with Gasteiger partial charge in [0.05, 0.1) is 5.69 Å². The summed E-state index contributed by atoms with van der Waals surface area (Å²) in [5.41, 5.74) is 2.03. The third-order valence-electron chi connectivity index (χ3n) is 4.63. The molecule has 1 aromatic rings. The maximum atomic E-state index is 12.4. The molecule has 1 saturated heterocycles. The van der Waals surface area contributed by atoms with Crippen molar-refractivity contribution >= 4 is 5.91 Å². The second kappa shape index (κ2) is 6.18. The molecule has 0 atom stereocenters. The fourth-order valence-corrected chi connectivity index (χ4v) is 3.05. The Labute approximate surface area is 126 Å². The van der Waals surface area contributed by atoms with Gasteiger partial charge in [-0.25, -0.2) is 0 Å². The number of nitrogens with one attached hydrogen (secondary N) is 1. The lowest BCUT2D eigenvalue weighted by atomic mass is 10.0. The van der Waals surface area contributed by atoms with Gasteiger partial charge in [0.1, 0.15) is 6.54 Å². The van der Waals surface area contributed by atoms with E-state index in [0.29, 0.717) is 12.6 Å². The molecular formula is C16H26N4O. The third-order valence-corrected chi connectivity index (χ3v) is 4.63. The van der Waals surface area contributed by atoms with E-state index in [-0.39, 0.29) is 5.91 Å². The molecule has 1 amide bonds. The summed E-state index contributed by atoms with van der Waals surface area (Å²) in [5.74, 6) is 1.12. The van der Waals surface area contributed by atoms with Crippen LogP contribution in [0.3, 0.4) is 0 Å². The first-order valence-corrected chi connectivity index (χ1v) is 8.14. The summed E-state index contributed by atoms with van der Waals surface area (Å²) < 4.78 is 1.81. The highest BCUT2D eigenvalue weighted by atomic mass is 16.2. The average Bonchev–Trinajstić information content (AvgIpc) is 3.23. The van der Waals surface area contributed by atoms with Crippen molar-refractivity contribution in [3.05, 3.63) is 17.5 Å². The summed E-state index contributed by atoms with van der Waals surface area (Å²) in [6, 6.07) is 2.62. The van der Waals surface area contributed by atoms with Crippen LogP contribution in [0.15, 0.2) is 6.07 Å². The minimum atomic E-state index is 0.196. The Morgan fingerprint density at radius 3 is 2.57 bits per heavy atom. The highest BCUT2D eigenvalue weighted by molar-refractivity contribution is 5.76. The van der Waals surface area contributed by atoms with E-state index in [2.05, 4.69) is 10.4 Å². The fourth-order valence-electron chi connectivity index (χ4n) is 3.05. The van der Waals surface area contributed by atoms with E-state index in [4.69, 9.17) is 0 Å². The van der Waals surface area contributed by atoms with E-state index in [1.165, 1.54) is 19.4 Å². The number of aromatic nitrogens is 2. The molecule has 1 aliphatic carbocycles. The second-order valence-corrected chi connectivity index (χ2v) is 6.59. The predicted octanol–water partition coefficient (Wildman–Crippen LogP) is 1.49. The Morgan fingerprint density at radius 2 is 2.00 bits per heavy atom. The van der Waals surface area contributed by atoms with Crippen molar-refractivity contribution in [3.63, 3.8) is 0 Å². The van der Waals surface area contributed by atoms with Crippen LogP contribution < -0.4 is 5.32 Å². The molecule has 1 aromatic heterocycles.